The number of ketones is 2. The Bertz CT molecular complexity index is 899. The van der Waals surface area contributed by atoms with Crippen LogP contribution in [0.2, 0.25) is 0 Å². The van der Waals surface area contributed by atoms with Gasteiger partial charge in [0.2, 0.25) is 5.78 Å². The van der Waals surface area contributed by atoms with Crippen LogP contribution in [0.5, 0.6) is 0 Å². The van der Waals surface area contributed by atoms with E-state index in [1.807, 2.05) is 13.0 Å². The molecule has 0 aliphatic heterocycles. The molecule has 8 atom stereocenters. The first-order valence-corrected chi connectivity index (χ1v) is 12.5. The molecule has 6 heteroatoms. The smallest absolute Gasteiger partial charge is 0.311 e. The number of carbonyl (C=O) groups is 3. The van der Waals surface area contributed by atoms with Crippen LogP contribution in [0.25, 0.3) is 0 Å². The zero-order valence-corrected chi connectivity index (χ0v) is 20.9. The van der Waals surface area contributed by atoms with Crippen molar-refractivity contribution in [2.24, 2.45) is 39.9 Å². The van der Waals surface area contributed by atoms with Crippen LogP contribution in [0, 0.1) is 39.9 Å². The van der Waals surface area contributed by atoms with Crippen LogP contribution in [0.4, 0.5) is 0 Å². The van der Waals surface area contributed by atoms with Crippen molar-refractivity contribution in [3.8, 4) is 0 Å². The molecule has 4 aliphatic carbocycles. The molecular weight excluding hydrogens is 420 g/mol. The van der Waals surface area contributed by atoms with Crippen LogP contribution in [-0.2, 0) is 19.1 Å². The summed E-state index contributed by atoms with van der Waals surface area (Å²) in [6.45, 7) is 11.0. The molecule has 0 amide bonds. The van der Waals surface area contributed by atoms with Crippen LogP contribution in [0.15, 0.2) is 11.6 Å². The van der Waals surface area contributed by atoms with Crippen LogP contribution < -0.4 is 0 Å². The van der Waals surface area contributed by atoms with Gasteiger partial charge in [0.15, 0.2) is 12.4 Å². The Hall–Kier alpha value is -1.53. The number of allylic oxidation sites excluding steroid dienone is 1. The largest absolute Gasteiger partial charge is 0.457 e. The SMILES string of the molecule is C[C@H]1C[C@@H]2[C@H]([C@@H](O)C[C@@]3(C)[C@H]2CC[C@]3(O)C(=O)COC(=O)C(C)(C)C)[C@@]2(C)CCC(=O)C=C12. The molecule has 4 aliphatic rings. The second kappa shape index (κ2) is 7.74. The number of hydrogen-bond donors (Lipinski definition) is 2. The quantitative estimate of drug-likeness (QED) is 0.624. The highest BCUT2D eigenvalue weighted by Gasteiger charge is 2.68. The van der Waals surface area contributed by atoms with Gasteiger partial charge in [-0.05, 0) is 88.0 Å². The van der Waals surface area contributed by atoms with E-state index in [2.05, 4.69) is 13.8 Å². The lowest BCUT2D eigenvalue weighted by Gasteiger charge is -2.61. The van der Waals surface area contributed by atoms with Gasteiger partial charge in [-0.2, -0.15) is 0 Å². The number of aliphatic hydroxyl groups excluding tert-OH is 1. The molecule has 33 heavy (non-hydrogen) atoms. The summed E-state index contributed by atoms with van der Waals surface area (Å²) in [7, 11) is 0. The van der Waals surface area contributed by atoms with Gasteiger partial charge in [-0.1, -0.05) is 26.3 Å². The monoisotopic (exact) mass is 460 g/mol. The average molecular weight is 461 g/mol. The van der Waals surface area contributed by atoms with Crippen molar-refractivity contribution in [2.75, 3.05) is 6.61 Å². The van der Waals surface area contributed by atoms with Crippen molar-refractivity contribution < 1.29 is 29.3 Å². The van der Waals surface area contributed by atoms with Gasteiger partial charge in [0.05, 0.1) is 11.5 Å². The predicted octanol–water partition coefficient (Wildman–Crippen LogP) is 3.62. The average Bonchev–Trinajstić information content (AvgIpc) is 2.98. The molecule has 0 unspecified atom stereocenters. The van der Waals surface area contributed by atoms with Gasteiger partial charge in [0, 0.05) is 11.8 Å². The van der Waals surface area contributed by atoms with Crippen molar-refractivity contribution >= 4 is 17.5 Å². The molecule has 184 valence electrons. The zero-order valence-electron chi connectivity index (χ0n) is 20.9. The van der Waals surface area contributed by atoms with E-state index < -0.39 is 40.9 Å². The minimum atomic E-state index is -1.62. The Morgan fingerprint density at radius 1 is 1.21 bits per heavy atom. The lowest BCUT2D eigenvalue weighted by molar-refractivity contribution is -0.187. The Morgan fingerprint density at radius 3 is 2.52 bits per heavy atom. The Morgan fingerprint density at radius 2 is 1.88 bits per heavy atom. The maximum atomic E-state index is 13.3. The third-order valence-electron chi connectivity index (χ3n) is 9.77. The second-order valence-corrected chi connectivity index (χ2v) is 12.8. The highest BCUT2D eigenvalue weighted by atomic mass is 16.5. The third-order valence-corrected chi connectivity index (χ3v) is 9.77. The third kappa shape index (κ3) is 3.54. The van der Waals surface area contributed by atoms with Crippen molar-refractivity contribution in [1.29, 1.82) is 0 Å². The summed E-state index contributed by atoms with van der Waals surface area (Å²) in [6, 6.07) is 0. The number of carbonyl (C=O) groups excluding carboxylic acids is 3. The van der Waals surface area contributed by atoms with Gasteiger partial charge in [0.25, 0.3) is 0 Å². The summed E-state index contributed by atoms with van der Waals surface area (Å²) >= 11 is 0. The van der Waals surface area contributed by atoms with E-state index >= 15 is 0 Å². The Labute approximate surface area is 197 Å². The first-order valence-electron chi connectivity index (χ1n) is 12.5. The highest BCUT2D eigenvalue weighted by molar-refractivity contribution is 5.92. The minimum absolute atomic E-state index is 0.0160. The zero-order chi connectivity index (χ0) is 24.6. The maximum absolute atomic E-state index is 13.3. The van der Waals surface area contributed by atoms with E-state index in [4.69, 9.17) is 4.74 Å². The minimum Gasteiger partial charge on any atom is -0.457 e. The molecule has 3 fully saturated rings. The van der Waals surface area contributed by atoms with E-state index in [1.165, 1.54) is 5.57 Å². The fourth-order valence-electron chi connectivity index (χ4n) is 8.05. The Balaban J connectivity index is 1.62. The van der Waals surface area contributed by atoms with Gasteiger partial charge in [-0.15, -0.1) is 0 Å². The lowest BCUT2D eigenvalue weighted by Crippen LogP contribution is -2.62. The summed E-state index contributed by atoms with van der Waals surface area (Å²) < 4.78 is 5.27. The number of aliphatic hydroxyl groups is 2. The summed E-state index contributed by atoms with van der Waals surface area (Å²) in [6.07, 6.45) is 4.62. The number of fused-ring (bicyclic) bond motifs is 5. The van der Waals surface area contributed by atoms with E-state index in [0.29, 0.717) is 25.7 Å². The normalized spacial score (nSPS) is 44.9. The van der Waals surface area contributed by atoms with Crippen LogP contribution in [0.1, 0.15) is 80.1 Å². The van der Waals surface area contributed by atoms with Crippen molar-refractivity contribution in [3.05, 3.63) is 11.6 Å². The molecule has 0 aromatic carbocycles. The molecule has 0 saturated heterocycles. The molecule has 0 spiro atoms. The van der Waals surface area contributed by atoms with Crippen molar-refractivity contribution in [3.63, 3.8) is 0 Å². The standard InChI is InChI=1S/C27H40O6/c1-15-11-17-18-8-10-27(32,21(30)14-33-23(31)24(2,3)4)26(18,6)13-20(29)22(17)25(5)9-7-16(28)12-19(15)25/h12,15,17-18,20,22,29,32H,7-11,13-14H2,1-6H3/t15-,17-,18-,20-,22+,25-,26-,27-/m0/s1. The first kappa shape index (κ1) is 24.6. The molecule has 0 radical (unpaired) electrons. The second-order valence-electron chi connectivity index (χ2n) is 12.8. The fraction of sp³-hybridized carbons (Fsp3) is 0.815. The lowest BCUT2D eigenvalue weighted by atomic mass is 9.44. The van der Waals surface area contributed by atoms with Crippen LogP contribution in [0.3, 0.4) is 0 Å². The van der Waals surface area contributed by atoms with Crippen molar-refractivity contribution in [1.82, 2.24) is 0 Å². The summed E-state index contributed by atoms with van der Waals surface area (Å²) in [5.74, 6) is -0.250. The number of hydrogen-bond acceptors (Lipinski definition) is 6. The summed E-state index contributed by atoms with van der Waals surface area (Å²) in [5.41, 5.74) is -2.18. The molecule has 0 aromatic heterocycles. The Kier molecular flexibility index (Phi) is 5.77. The van der Waals surface area contributed by atoms with Crippen LogP contribution in [-0.4, -0.2) is 46.1 Å². The summed E-state index contributed by atoms with van der Waals surface area (Å²) in [4.78, 5) is 37.6. The molecule has 4 rings (SSSR count). The number of rotatable bonds is 3. The van der Waals surface area contributed by atoms with Crippen LogP contribution >= 0.6 is 0 Å². The fourth-order valence-corrected chi connectivity index (χ4v) is 8.05. The molecular formula is C27H40O6. The van der Waals surface area contributed by atoms with Crippen molar-refractivity contribution in [2.45, 2.75) is 91.8 Å². The summed E-state index contributed by atoms with van der Waals surface area (Å²) in [5, 5.41) is 23.2. The molecule has 0 bridgehead atoms. The predicted molar refractivity (Wildman–Crippen MR) is 123 cm³/mol. The van der Waals surface area contributed by atoms with Gasteiger partial charge in [-0.25, -0.2) is 0 Å². The molecule has 3 saturated carbocycles. The maximum Gasteiger partial charge on any atom is 0.311 e. The molecule has 6 nitrogen and oxygen atoms in total. The number of Topliss-reactive ketones (excluding diaryl/α,β-unsaturated/α-hetero) is 1. The number of ether oxygens (including phenoxy) is 1. The molecule has 0 heterocycles. The van der Waals surface area contributed by atoms with Gasteiger partial charge in [0.1, 0.15) is 5.60 Å². The first-order chi connectivity index (χ1) is 15.1. The van der Waals surface area contributed by atoms with E-state index in [-0.39, 0.29) is 34.9 Å². The van der Waals surface area contributed by atoms with E-state index in [9.17, 15) is 24.6 Å². The van der Waals surface area contributed by atoms with Gasteiger partial charge < -0.3 is 14.9 Å². The van der Waals surface area contributed by atoms with E-state index in [0.717, 1.165) is 12.8 Å². The van der Waals surface area contributed by atoms with E-state index in [1.54, 1.807) is 20.8 Å². The van der Waals surface area contributed by atoms with Gasteiger partial charge >= 0.3 is 5.97 Å². The highest BCUT2D eigenvalue weighted by Crippen LogP contribution is 2.68. The van der Waals surface area contributed by atoms with Gasteiger partial charge in [-0.3, -0.25) is 14.4 Å². The molecule has 0 aromatic rings. The topological polar surface area (TPSA) is 101 Å². The molecule has 2 N–H and O–H groups in total. The number of esters is 1.